The van der Waals surface area contributed by atoms with Crippen LogP contribution >= 0.6 is 11.8 Å². The second-order valence-electron chi connectivity index (χ2n) is 8.64. The zero-order valence-corrected chi connectivity index (χ0v) is 19.7. The quantitative estimate of drug-likeness (QED) is 0.402. The lowest BCUT2D eigenvalue weighted by atomic mass is 9.93. The van der Waals surface area contributed by atoms with Crippen molar-refractivity contribution in [3.63, 3.8) is 0 Å². The minimum absolute atomic E-state index is 0.0417. The Bertz CT molecular complexity index is 984. The van der Waals surface area contributed by atoms with Crippen LogP contribution in [0.3, 0.4) is 0 Å². The third kappa shape index (κ3) is 6.58. The van der Waals surface area contributed by atoms with Crippen molar-refractivity contribution in [2.75, 3.05) is 26.5 Å². The number of methoxy groups -OCH3 is 1. The highest BCUT2D eigenvalue weighted by Crippen LogP contribution is 2.30. The molecule has 0 N–H and O–H groups in total. The van der Waals surface area contributed by atoms with Crippen molar-refractivity contribution in [2.24, 2.45) is 5.92 Å². The number of likely N-dealkylation sites (tertiary alicyclic amines) is 1. The predicted molar refractivity (Wildman–Crippen MR) is 122 cm³/mol. The molecule has 2 aromatic heterocycles. The molecule has 0 spiro atoms. The first kappa shape index (κ1) is 23.3. The van der Waals surface area contributed by atoms with Crippen LogP contribution in [0.4, 0.5) is 0 Å². The van der Waals surface area contributed by atoms with Crippen LogP contribution in [-0.2, 0) is 16.0 Å². The fourth-order valence-corrected chi connectivity index (χ4v) is 3.66. The number of nitrogens with zero attached hydrogens (tertiary/aromatic N) is 3. The van der Waals surface area contributed by atoms with Crippen LogP contribution in [0.1, 0.15) is 39.4 Å². The van der Waals surface area contributed by atoms with Crippen molar-refractivity contribution in [1.82, 2.24) is 15.0 Å². The van der Waals surface area contributed by atoms with Crippen molar-refractivity contribution in [2.45, 2.75) is 50.5 Å². The number of carbonyl (C=O) groups excluding carboxylic acids is 1. The lowest BCUT2D eigenvalue weighted by Gasteiger charge is -2.28. The molecule has 1 saturated heterocycles. The molecular weight excluding hydrogens is 414 g/mol. The lowest BCUT2D eigenvalue weighted by molar-refractivity contribution is -0.119. The molecule has 4 rings (SSSR count). The van der Waals surface area contributed by atoms with E-state index in [0.717, 1.165) is 49.7 Å². The highest BCUT2D eigenvalue weighted by atomic mass is 32.2. The van der Waals surface area contributed by atoms with Gasteiger partial charge in [-0.2, -0.15) is 4.98 Å². The van der Waals surface area contributed by atoms with Gasteiger partial charge < -0.3 is 18.6 Å². The first-order valence-corrected chi connectivity index (χ1v) is 11.7. The monoisotopic (exact) mass is 445 g/mol. The second kappa shape index (κ2) is 10.3. The van der Waals surface area contributed by atoms with Gasteiger partial charge in [0.05, 0.1) is 5.60 Å². The molecule has 1 amide bonds. The van der Waals surface area contributed by atoms with E-state index in [2.05, 4.69) is 16.2 Å². The number of rotatable bonds is 5. The molecule has 0 atom stereocenters. The summed E-state index contributed by atoms with van der Waals surface area (Å²) in [6.07, 6.45) is 5.70. The maximum atomic E-state index is 10.8. The molecule has 3 aromatic rings. The minimum atomic E-state index is 0.0417. The van der Waals surface area contributed by atoms with Crippen molar-refractivity contribution in [3.05, 3.63) is 30.1 Å². The molecule has 1 fully saturated rings. The summed E-state index contributed by atoms with van der Waals surface area (Å²) in [6.45, 7) is 7.67. The van der Waals surface area contributed by atoms with E-state index in [1.807, 2.05) is 50.1 Å². The number of amides is 1. The SMILES string of the molecule is COC(C)(C)C.CSc1ccc2oc(-c3nc(CC4CCN(C=O)CC4)no3)cc2c1. The van der Waals surface area contributed by atoms with Crippen molar-refractivity contribution in [3.8, 4) is 11.7 Å². The molecule has 168 valence electrons. The van der Waals surface area contributed by atoms with Gasteiger partial charge in [0.1, 0.15) is 5.58 Å². The number of carbonyl (C=O) groups is 1. The summed E-state index contributed by atoms with van der Waals surface area (Å²) >= 11 is 1.70. The van der Waals surface area contributed by atoms with E-state index in [0.29, 0.717) is 23.4 Å². The van der Waals surface area contributed by atoms with Gasteiger partial charge in [0.15, 0.2) is 11.6 Å². The average molecular weight is 446 g/mol. The third-order valence-electron chi connectivity index (χ3n) is 5.28. The van der Waals surface area contributed by atoms with Crippen LogP contribution in [0.25, 0.3) is 22.6 Å². The molecular formula is C23H31N3O4S. The Morgan fingerprint density at radius 3 is 2.58 bits per heavy atom. The number of thioether (sulfide) groups is 1. The van der Waals surface area contributed by atoms with Gasteiger partial charge in [0, 0.05) is 36.9 Å². The third-order valence-corrected chi connectivity index (χ3v) is 6.01. The van der Waals surface area contributed by atoms with Crippen molar-refractivity contribution < 1.29 is 18.5 Å². The van der Waals surface area contributed by atoms with Gasteiger partial charge >= 0.3 is 0 Å². The molecule has 3 heterocycles. The van der Waals surface area contributed by atoms with E-state index in [1.165, 1.54) is 4.90 Å². The summed E-state index contributed by atoms with van der Waals surface area (Å²) in [7, 11) is 1.71. The number of fused-ring (bicyclic) bond motifs is 1. The first-order valence-electron chi connectivity index (χ1n) is 10.5. The normalized spacial score (nSPS) is 15.1. The lowest BCUT2D eigenvalue weighted by Crippen LogP contribution is -2.33. The summed E-state index contributed by atoms with van der Waals surface area (Å²) in [4.78, 5) is 18.3. The van der Waals surface area contributed by atoms with Gasteiger partial charge in [-0.25, -0.2) is 0 Å². The predicted octanol–water partition coefficient (Wildman–Crippen LogP) is 5.05. The van der Waals surface area contributed by atoms with E-state index in [4.69, 9.17) is 13.7 Å². The van der Waals surface area contributed by atoms with E-state index in [9.17, 15) is 4.79 Å². The van der Waals surface area contributed by atoms with E-state index < -0.39 is 0 Å². The number of ether oxygens (including phenoxy) is 1. The molecule has 0 saturated carbocycles. The number of furan rings is 1. The Labute approximate surface area is 187 Å². The number of aromatic nitrogens is 2. The first-order chi connectivity index (χ1) is 14.8. The fraction of sp³-hybridized carbons (Fsp3) is 0.522. The van der Waals surface area contributed by atoms with Crippen LogP contribution in [0.15, 0.2) is 38.1 Å². The summed E-state index contributed by atoms with van der Waals surface area (Å²) in [6, 6.07) is 8.02. The van der Waals surface area contributed by atoms with Gasteiger partial charge in [-0.05, 0) is 70.1 Å². The molecule has 0 aliphatic carbocycles. The van der Waals surface area contributed by atoms with Crippen LogP contribution in [-0.4, -0.2) is 53.5 Å². The zero-order chi connectivity index (χ0) is 22.4. The standard InChI is InChI=1S/C18H19N3O3S.C5H12O/c1-25-14-2-3-15-13(9-14)10-16(23-15)18-19-17(20-24-18)8-12-4-6-21(11-22)7-5-12;1-5(2,3)6-4/h2-3,9-12H,4-8H2,1H3;1-4H3. The van der Waals surface area contributed by atoms with Crippen molar-refractivity contribution in [1.29, 1.82) is 0 Å². The second-order valence-corrected chi connectivity index (χ2v) is 9.52. The Morgan fingerprint density at radius 1 is 1.26 bits per heavy atom. The Morgan fingerprint density at radius 2 is 1.97 bits per heavy atom. The van der Waals surface area contributed by atoms with Crippen molar-refractivity contribution >= 4 is 29.1 Å². The summed E-state index contributed by atoms with van der Waals surface area (Å²) in [5.74, 6) is 2.20. The molecule has 1 aliphatic heterocycles. The fourth-order valence-electron chi connectivity index (χ4n) is 3.21. The molecule has 0 radical (unpaired) electrons. The van der Waals surface area contributed by atoms with Crippen LogP contribution < -0.4 is 0 Å². The Balaban J connectivity index is 0.000000401. The molecule has 0 bridgehead atoms. The molecule has 0 unspecified atom stereocenters. The Kier molecular flexibility index (Phi) is 7.78. The highest BCUT2D eigenvalue weighted by Gasteiger charge is 2.21. The molecule has 31 heavy (non-hydrogen) atoms. The van der Waals surface area contributed by atoms with E-state index in [-0.39, 0.29) is 5.60 Å². The maximum absolute atomic E-state index is 10.8. The number of hydrogen-bond donors (Lipinski definition) is 0. The number of piperidine rings is 1. The largest absolute Gasteiger partial charge is 0.451 e. The van der Waals surface area contributed by atoms with Gasteiger partial charge in [-0.1, -0.05) is 5.16 Å². The van der Waals surface area contributed by atoms with Gasteiger partial charge in [-0.15, -0.1) is 11.8 Å². The van der Waals surface area contributed by atoms with Crippen LogP contribution in [0.2, 0.25) is 0 Å². The van der Waals surface area contributed by atoms with Gasteiger partial charge in [0.25, 0.3) is 5.89 Å². The summed E-state index contributed by atoms with van der Waals surface area (Å²) in [5, 5.41) is 5.13. The van der Waals surface area contributed by atoms with E-state index >= 15 is 0 Å². The topological polar surface area (TPSA) is 81.6 Å². The summed E-state index contributed by atoms with van der Waals surface area (Å²) < 4.78 is 16.2. The minimum Gasteiger partial charge on any atom is -0.451 e. The molecule has 8 heteroatoms. The van der Waals surface area contributed by atoms with Crippen LogP contribution in [0.5, 0.6) is 0 Å². The Hall–Kier alpha value is -2.32. The zero-order valence-electron chi connectivity index (χ0n) is 18.9. The summed E-state index contributed by atoms with van der Waals surface area (Å²) in [5.41, 5.74) is 0.855. The molecule has 1 aliphatic rings. The van der Waals surface area contributed by atoms with Crippen LogP contribution in [0, 0.1) is 5.92 Å². The molecule has 7 nitrogen and oxygen atoms in total. The number of hydrogen-bond acceptors (Lipinski definition) is 7. The smallest absolute Gasteiger partial charge is 0.293 e. The molecule has 1 aromatic carbocycles. The average Bonchev–Trinajstić information content (AvgIpc) is 3.40. The maximum Gasteiger partial charge on any atom is 0.293 e. The van der Waals surface area contributed by atoms with E-state index in [1.54, 1.807) is 18.9 Å². The van der Waals surface area contributed by atoms with Gasteiger partial charge in [0.2, 0.25) is 6.41 Å². The number of benzene rings is 1. The van der Waals surface area contributed by atoms with Gasteiger partial charge in [-0.3, -0.25) is 4.79 Å². The highest BCUT2D eigenvalue weighted by molar-refractivity contribution is 7.98.